The lowest BCUT2D eigenvalue weighted by Crippen LogP contribution is -1.97. The minimum atomic E-state index is 0.729. The topological polar surface area (TPSA) is 37.8 Å². The van der Waals surface area contributed by atoms with Gasteiger partial charge in [-0.25, -0.2) is 9.97 Å². The van der Waals surface area contributed by atoms with Gasteiger partial charge in [0.25, 0.3) is 0 Å². The van der Waals surface area contributed by atoms with Crippen LogP contribution in [-0.4, -0.2) is 9.97 Å². The minimum absolute atomic E-state index is 0.729. The van der Waals surface area contributed by atoms with E-state index in [4.69, 9.17) is 11.6 Å². The van der Waals surface area contributed by atoms with Crippen LogP contribution in [0.1, 0.15) is 10.4 Å². The van der Waals surface area contributed by atoms with Crippen molar-refractivity contribution < 1.29 is 0 Å². The second kappa shape index (κ2) is 6.47. The molecule has 5 heteroatoms. The molecule has 0 aliphatic heterocycles. The van der Waals surface area contributed by atoms with Crippen LogP contribution in [0.3, 0.4) is 0 Å². The lowest BCUT2D eigenvalue weighted by molar-refractivity contribution is 1.23. The van der Waals surface area contributed by atoms with Crippen molar-refractivity contribution in [3.8, 4) is 11.1 Å². The molecular weight excluding hydrogens is 350 g/mol. The molecule has 0 unspecified atom stereocenters. The average molecular weight is 366 g/mol. The summed E-state index contributed by atoms with van der Waals surface area (Å²) in [6.07, 6.45) is 1.61. The molecule has 0 amide bonds. The van der Waals surface area contributed by atoms with Gasteiger partial charge in [-0.1, -0.05) is 41.9 Å². The van der Waals surface area contributed by atoms with Gasteiger partial charge >= 0.3 is 0 Å². The standard InChI is InChI=1S/C20H16ClN3S/c1-12-10-15(21)8-9-16(12)24-19-18-17(14-6-4-3-5-7-14)13(2)25-20(18)23-11-22-19/h3-11H,1-2H3,(H,22,23,24). The van der Waals surface area contributed by atoms with E-state index in [0.717, 1.165) is 32.3 Å². The molecular formula is C20H16ClN3S. The number of nitrogens with one attached hydrogen (secondary N) is 1. The number of hydrogen-bond acceptors (Lipinski definition) is 4. The van der Waals surface area contributed by atoms with E-state index in [1.807, 2.05) is 31.2 Å². The molecule has 0 fully saturated rings. The van der Waals surface area contributed by atoms with Crippen molar-refractivity contribution in [2.24, 2.45) is 0 Å². The molecule has 0 saturated heterocycles. The Labute approximate surface area is 155 Å². The van der Waals surface area contributed by atoms with Crippen molar-refractivity contribution in [2.75, 3.05) is 5.32 Å². The molecule has 4 rings (SSSR count). The largest absolute Gasteiger partial charge is 0.339 e. The van der Waals surface area contributed by atoms with Crippen LogP contribution in [-0.2, 0) is 0 Å². The monoisotopic (exact) mass is 365 g/mol. The Morgan fingerprint density at radius 2 is 1.80 bits per heavy atom. The predicted molar refractivity (Wildman–Crippen MR) is 107 cm³/mol. The molecule has 25 heavy (non-hydrogen) atoms. The highest BCUT2D eigenvalue weighted by Gasteiger charge is 2.17. The van der Waals surface area contributed by atoms with Gasteiger partial charge in [0.2, 0.25) is 0 Å². The quantitative estimate of drug-likeness (QED) is 0.458. The number of aryl methyl sites for hydroxylation is 2. The second-order valence-corrected chi connectivity index (χ2v) is 7.53. The van der Waals surface area contributed by atoms with E-state index in [2.05, 4.69) is 46.5 Å². The van der Waals surface area contributed by atoms with Crippen LogP contribution in [0.5, 0.6) is 0 Å². The lowest BCUT2D eigenvalue weighted by Gasteiger charge is -2.11. The second-order valence-electron chi connectivity index (χ2n) is 5.89. The molecule has 0 saturated carbocycles. The summed E-state index contributed by atoms with van der Waals surface area (Å²) in [5.74, 6) is 0.818. The first-order chi connectivity index (χ1) is 12.1. The molecule has 0 aliphatic rings. The zero-order valence-electron chi connectivity index (χ0n) is 13.9. The Balaban J connectivity index is 1.90. The van der Waals surface area contributed by atoms with E-state index in [1.54, 1.807) is 17.7 Å². The summed E-state index contributed by atoms with van der Waals surface area (Å²) in [5, 5.41) is 5.25. The maximum atomic E-state index is 6.07. The number of fused-ring (bicyclic) bond motifs is 1. The highest BCUT2D eigenvalue weighted by molar-refractivity contribution is 7.19. The van der Waals surface area contributed by atoms with Gasteiger partial charge in [-0.05, 0) is 43.2 Å². The highest BCUT2D eigenvalue weighted by atomic mass is 35.5. The summed E-state index contributed by atoms with van der Waals surface area (Å²) in [7, 11) is 0. The molecule has 0 spiro atoms. The van der Waals surface area contributed by atoms with Gasteiger partial charge in [0.05, 0.1) is 5.39 Å². The third-order valence-electron chi connectivity index (χ3n) is 4.17. The normalized spacial score (nSPS) is 11.0. The number of halogens is 1. The van der Waals surface area contributed by atoms with Gasteiger partial charge in [0.15, 0.2) is 0 Å². The van der Waals surface area contributed by atoms with E-state index in [9.17, 15) is 0 Å². The van der Waals surface area contributed by atoms with Gasteiger partial charge in [-0.2, -0.15) is 0 Å². The molecule has 2 heterocycles. The molecule has 0 atom stereocenters. The van der Waals surface area contributed by atoms with Gasteiger partial charge in [0.1, 0.15) is 17.0 Å². The Morgan fingerprint density at radius 1 is 1.00 bits per heavy atom. The number of thiophene rings is 1. The first-order valence-corrected chi connectivity index (χ1v) is 9.15. The summed E-state index contributed by atoms with van der Waals surface area (Å²) in [6.45, 7) is 4.16. The molecule has 3 nitrogen and oxygen atoms in total. The minimum Gasteiger partial charge on any atom is -0.339 e. The van der Waals surface area contributed by atoms with Gasteiger partial charge < -0.3 is 5.32 Å². The van der Waals surface area contributed by atoms with Crippen LogP contribution >= 0.6 is 22.9 Å². The van der Waals surface area contributed by atoms with Crippen LogP contribution in [0, 0.1) is 13.8 Å². The molecule has 2 aromatic carbocycles. The van der Waals surface area contributed by atoms with Crippen molar-refractivity contribution in [3.63, 3.8) is 0 Å². The number of nitrogens with zero attached hydrogens (tertiary/aromatic N) is 2. The average Bonchev–Trinajstić information content (AvgIpc) is 2.95. The van der Waals surface area contributed by atoms with Crippen molar-refractivity contribution in [1.29, 1.82) is 0 Å². The van der Waals surface area contributed by atoms with Gasteiger partial charge in [0, 0.05) is 21.2 Å². The van der Waals surface area contributed by atoms with E-state index < -0.39 is 0 Å². The van der Waals surface area contributed by atoms with Crippen molar-refractivity contribution in [2.45, 2.75) is 13.8 Å². The van der Waals surface area contributed by atoms with Crippen LogP contribution in [0.4, 0.5) is 11.5 Å². The van der Waals surface area contributed by atoms with Crippen LogP contribution < -0.4 is 5.32 Å². The number of aromatic nitrogens is 2. The lowest BCUT2D eigenvalue weighted by atomic mass is 10.0. The first kappa shape index (κ1) is 16.1. The van der Waals surface area contributed by atoms with E-state index in [-0.39, 0.29) is 0 Å². The van der Waals surface area contributed by atoms with E-state index in [0.29, 0.717) is 0 Å². The van der Waals surface area contributed by atoms with Crippen LogP contribution in [0.2, 0.25) is 5.02 Å². The van der Waals surface area contributed by atoms with Gasteiger partial charge in [-0.15, -0.1) is 11.3 Å². The summed E-state index contributed by atoms with van der Waals surface area (Å²) < 4.78 is 0. The summed E-state index contributed by atoms with van der Waals surface area (Å²) >= 11 is 7.76. The first-order valence-electron chi connectivity index (χ1n) is 7.96. The predicted octanol–water partition coefficient (Wildman–Crippen LogP) is 6.37. The fourth-order valence-corrected chi connectivity index (χ4v) is 4.23. The summed E-state index contributed by atoms with van der Waals surface area (Å²) in [6, 6.07) is 16.2. The zero-order valence-corrected chi connectivity index (χ0v) is 15.4. The van der Waals surface area contributed by atoms with E-state index >= 15 is 0 Å². The number of anilines is 2. The number of rotatable bonds is 3. The molecule has 2 aromatic heterocycles. The zero-order chi connectivity index (χ0) is 17.4. The Morgan fingerprint density at radius 3 is 2.56 bits per heavy atom. The molecule has 0 aliphatic carbocycles. The van der Waals surface area contributed by atoms with E-state index in [1.165, 1.54) is 16.0 Å². The van der Waals surface area contributed by atoms with Crippen LogP contribution in [0.25, 0.3) is 21.3 Å². The molecule has 1 N–H and O–H groups in total. The Hall–Kier alpha value is -2.43. The Bertz CT molecular complexity index is 1060. The maximum Gasteiger partial charge on any atom is 0.143 e. The third kappa shape index (κ3) is 2.99. The summed E-state index contributed by atoms with van der Waals surface area (Å²) in [5.41, 5.74) is 4.44. The number of hydrogen-bond donors (Lipinski definition) is 1. The van der Waals surface area contributed by atoms with Crippen molar-refractivity contribution in [1.82, 2.24) is 9.97 Å². The third-order valence-corrected chi connectivity index (χ3v) is 5.42. The maximum absolute atomic E-state index is 6.07. The fraction of sp³-hybridized carbons (Fsp3) is 0.100. The van der Waals surface area contributed by atoms with Crippen LogP contribution in [0.15, 0.2) is 54.9 Å². The van der Waals surface area contributed by atoms with Crippen molar-refractivity contribution in [3.05, 3.63) is 70.3 Å². The summed E-state index contributed by atoms with van der Waals surface area (Å²) in [4.78, 5) is 11.2. The highest BCUT2D eigenvalue weighted by Crippen LogP contribution is 2.41. The van der Waals surface area contributed by atoms with Gasteiger partial charge in [-0.3, -0.25) is 0 Å². The molecule has 0 radical (unpaired) electrons. The number of benzene rings is 2. The SMILES string of the molecule is Cc1cc(Cl)ccc1Nc1ncnc2sc(C)c(-c3ccccc3)c12. The molecule has 0 bridgehead atoms. The smallest absolute Gasteiger partial charge is 0.143 e. The molecule has 124 valence electrons. The Kier molecular flexibility index (Phi) is 4.15. The fourth-order valence-electron chi connectivity index (χ4n) is 2.99. The molecule has 4 aromatic rings. The van der Waals surface area contributed by atoms with Crippen molar-refractivity contribution >= 4 is 44.7 Å².